The molecular weight excluding hydrogens is 350 g/mol. The zero-order chi connectivity index (χ0) is 17.6. The van der Waals surface area contributed by atoms with Gasteiger partial charge < -0.3 is 5.32 Å². The number of halogens is 1. The molecule has 2 N–H and O–H groups in total. The Morgan fingerprint density at radius 2 is 1.88 bits per heavy atom. The van der Waals surface area contributed by atoms with Crippen LogP contribution in [-0.2, 0) is 24.7 Å². The minimum absolute atomic E-state index is 0. The van der Waals surface area contributed by atoms with E-state index in [1.54, 1.807) is 4.68 Å². The largest absolute Gasteiger partial charge is 0.317 e. The van der Waals surface area contributed by atoms with Crippen molar-refractivity contribution in [3.8, 4) is 0 Å². The summed E-state index contributed by atoms with van der Waals surface area (Å²) < 4.78 is 1.67. The summed E-state index contributed by atoms with van der Waals surface area (Å²) in [4.78, 5) is 16.8. The lowest BCUT2D eigenvalue weighted by atomic mass is 9.98. The average molecular weight is 378 g/mol. The van der Waals surface area contributed by atoms with Crippen LogP contribution >= 0.6 is 12.4 Å². The normalized spacial score (nSPS) is 14.7. The zero-order valence-corrected chi connectivity index (χ0v) is 16.3. The first-order valence-electron chi connectivity index (χ1n) is 9.15. The number of aryl methyl sites for hydroxylation is 3. The van der Waals surface area contributed by atoms with Gasteiger partial charge in [0.05, 0.1) is 0 Å². The van der Waals surface area contributed by atoms with Gasteiger partial charge in [0.2, 0.25) is 11.9 Å². The van der Waals surface area contributed by atoms with Gasteiger partial charge in [-0.2, -0.15) is 10.1 Å². The molecule has 2 aromatic rings. The van der Waals surface area contributed by atoms with Gasteiger partial charge in [-0.3, -0.25) is 10.1 Å². The van der Waals surface area contributed by atoms with E-state index in [9.17, 15) is 4.79 Å². The zero-order valence-electron chi connectivity index (χ0n) is 15.5. The van der Waals surface area contributed by atoms with Crippen LogP contribution in [0, 0.1) is 0 Å². The Morgan fingerprint density at radius 3 is 2.54 bits per heavy atom. The fourth-order valence-electron chi connectivity index (χ4n) is 3.15. The van der Waals surface area contributed by atoms with Crippen molar-refractivity contribution in [2.24, 2.45) is 7.05 Å². The number of hydrogen-bond donors (Lipinski definition) is 2. The molecule has 1 aliphatic heterocycles. The molecule has 26 heavy (non-hydrogen) atoms. The molecule has 0 bridgehead atoms. The maximum atomic E-state index is 12.2. The molecule has 1 fully saturated rings. The van der Waals surface area contributed by atoms with Gasteiger partial charge in [0, 0.05) is 19.4 Å². The van der Waals surface area contributed by atoms with Crippen molar-refractivity contribution < 1.29 is 4.79 Å². The predicted molar refractivity (Wildman–Crippen MR) is 106 cm³/mol. The number of nitrogens with zero attached hydrogens (tertiary/aromatic N) is 3. The third-order valence-corrected chi connectivity index (χ3v) is 4.81. The van der Waals surface area contributed by atoms with Crippen LogP contribution in [0.1, 0.15) is 49.1 Å². The van der Waals surface area contributed by atoms with Crippen molar-refractivity contribution in [1.82, 2.24) is 20.1 Å². The van der Waals surface area contributed by atoms with Crippen LogP contribution in [0.3, 0.4) is 0 Å². The number of rotatable bonds is 6. The van der Waals surface area contributed by atoms with Gasteiger partial charge in [-0.05, 0) is 49.9 Å². The lowest BCUT2D eigenvalue weighted by Crippen LogP contribution is -2.27. The molecule has 6 nitrogen and oxygen atoms in total. The maximum absolute atomic E-state index is 12.2. The van der Waals surface area contributed by atoms with E-state index in [2.05, 4.69) is 51.9 Å². The summed E-state index contributed by atoms with van der Waals surface area (Å²) in [6.07, 6.45) is 4.30. The van der Waals surface area contributed by atoms with Crippen LogP contribution in [0.15, 0.2) is 24.3 Å². The van der Waals surface area contributed by atoms with Crippen LogP contribution in [0.4, 0.5) is 5.95 Å². The molecule has 1 aromatic heterocycles. The molecule has 0 radical (unpaired) electrons. The van der Waals surface area contributed by atoms with Crippen LogP contribution in [0.25, 0.3) is 0 Å². The fourth-order valence-corrected chi connectivity index (χ4v) is 3.15. The van der Waals surface area contributed by atoms with Crippen LogP contribution < -0.4 is 10.6 Å². The number of aromatic nitrogens is 3. The number of amides is 1. The average Bonchev–Trinajstić information content (AvgIpc) is 3.01. The lowest BCUT2D eigenvalue weighted by molar-refractivity contribution is -0.116. The number of carbonyl (C=O) groups is 1. The molecule has 0 aliphatic carbocycles. The third kappa shape index (κ3) is 5.29. The SMILES string of the molecule is CCc1ccc(CCC(=O)Nc2nc(C3CCNCC3)nn2C)cc1.Cl. The van der Waals surface area contributed by atoms with Gasteiger partial charge in [-0.25, -0.2) is 4.68 Å². The summed E-state index contributed by atoms with van der Waals surface area (Å²) in [5, 5.41) is 10.7. The van der Waals surface area contributed by atoms with Gasteiger partial charge >= 0.3 is 0 Å². The second-order valence-electron chi connectivity index (χ2n) is 6.66. The predicted octanol–water partition coefficient (Wildman–Crippen LogP) is 2.84. The van der Waals surface area contributed by atoms with Crippen LogP contribution in [-0.4, -0.2) is 33.8 Å². The molecule has 2 heterocycles. The van der Waals surface area contributed by atoms with Gasteiger partial charge in [0.15, 0.2) is 5.82 Å². The summed E-state index contributed by atoms with van der Waals surface area (Å²) in [5.74, 6) is 1.75. The molecule has 7 heteroatoms. The van der Waals surface area contributed by atoms with Crippen LogP contribution in [0.2, 0.25) is 0 Å². The summed E-state index contributed by atoms with van der Waals surface area (Å²) in [7, 11) is 1.83. The van der Waals surface area contributed by atoms with E-state index >= 15 is 0 Å². The second kappa shape index (κ2) is 9.69. The van der Waals surface area contributed by atoms with Gasteiger partial charge in [-0.1, -0.05) is 31.2 Å². The molecule has 0 unspecified atom stereocenters. The standard InChI is InChI=1S/C19H27N5O.ClH/c1-3-14-4-6-15(7-5-14)8-9-17(25)21-19-22-18(23-24(19)2)16-10-12-20-13-11-16;/h4-7,16,20H,3,8-13H2,1-2H3,(H,21,22,23,25);1H. The molecule has 1 saturated heterocycles. The van der Waals surface area contributed by atoms with Crippen molar-refractivity contribution in [3.63, 3.8) is 0 Å². The second-order valence-corrected chi connectivity index (χ2v) is 6.66. The summed E-state index contributed by atoms with van der Waals surface area (Å²) >= 11 is 0. The van der Waals surface area contributed by atoms with E-state index in [1.165, 1.54) is 11.1 Å². The molecule has 1 aliphatic rings. The Labute approximate surface area is 161 Å². The Bertz CT molecular complexity index is 707. The fraction of sp³-hybridized carbons (Fsp3) is 0.526. The highest BCUT2D eigenvalue weighted by molar-refractivity contribution is 5.89. The summed E-state index contributed by atoms with van der Waals surface area (Å²) in [5.41, 5.74) is 2.50. The van der Waals surface area contributed by atoms with E-state index in [-0.39, 0.29) is 18.3 Å². The molecule has 3 rings (SSSR count). The minimum Gasteiger partial charge on any atom is -0.317 e. The topological polar surface area (TPSA) is 71.8 Å². The molecule has 1 aromatic carbocycles. The first-order chi connectivity index (χ1) is 12.2. The summed E-state index contributed by atoms with van der Waals surface area (Å²) in [6, 6.07) is 8.45. The van der Waals surface area contributed by atoms with E-state index < -0.39 is 0 Å². The molecule has 142 valence electrons. The number of benzene rings is 1. The van der Waals surface area contributed by atoms with E-state index in [1.807, 2.05) is 7.05 Å². The van der Waals surface area contributed by atoms with Crippen molar-refractivity contribution in [2.45, 2.75) is 44.9 Å². The molecule has 1 amide bonds. The first-order valence-corrected chi connectivity index (χ1v) is 9.15. The van der Waals surface area contributed by atoms with Crippen molar-refractivity contribution in [3.05, 3.63) is 41.2 Å². The smallest absolute Gasteiger partial charge is 0.227 e. The van der Waals surface area contributed by atoms with E-state index in [0.717, 1.165) is 44.6 Å². The Morgan fingerprint density at radius 1 is 1.23 bits per heavy atom. The number of anilines is 1. The van der Waals surface area contributed by atoms with Gasteiger partial charge in [0.25, 0.3) is 0 Å². The van der Waals surface area contributed by atoms with Gasteiger partial charge in [-0.15, -0.1) is 12.4 Å². The first kappa shape index (κ1) is 20.4. The highest BCUT2D eigenvalue weighted by Gasteiger charge is 2.21. The summed E-state index contributed by atoms with van der Waals surface area (Å²) in [6.45, 7) is 4.14. The highest BCUT2D eigenvalue weighted by Crippen LogP contribution is 2.23. The van der Waals surface area contributed by atoms with E-state index in [4.69, 9.17) is 0 Å². The minimum atomic E-state index is -0.0214. The number of hydrogen-bond acceptors (Lipinski definition) is 4. The Kier molecular flexibility index (Phi) is 7.60. The third-order valence-electron chi connectivity index (χ3n) is 4.81. The molecule has 0 saturated carbocycles. The van der Waals surface area contributed by atoms with E-state index in [0.29, 0.717) is 18.3 Å². The molecule has 0 atom stereocenters. The Balaban J connectivity index is 0.00000243. The van der Waals surface area contributed by atoms with Crippen molar-refractivity contribution in [1.29, 1.82) is 0 Å². The number of piperidine rings is 1. The quantitative estimate of drug-likeness (QED) is 0.812. The maximum Gasteiger partial charge on any atom is 0.227 e. The van der Waals surface area contributed by atoms with Crippen molar-refractivity contribution >= 4 is 24.3 Å². The number of nitrogens with one attached hydrogen (secondary N) is 2. The monoisotopic (exact) mass is 377 g/mol. The van der Waals surface area contributed by atoms with Crippen molar-refractivity contribution in [2.75, 3.05) is 18.4 Å². The molecular formula is C19H28ClN5O. The van der Waals surface area contributed by atoms with Gasteiger partial charge in [0.1, 0.15) is 0 Å². The molecule has 0 spiro atoms. The van der Waals surface area contributed by atoms with Crippen LogP contribution in [0.5, 0.6) is 0 Å². The Hall–Kier alpha value is -1.92. The number of carbonyl (C=O) groups excluding carboxylic acids is 1. The highest BCUT2D eigenvalue weighted by atomic mass is 35.5. The lowest BCUT2D eigenvalue weighted by Gasteiger charge is -2.19.